The molecule has 0 radical (unpaired) electrons. The van der Waals surface area contributed by atoms with Crippen molar-refractivity contribution in [3.8, 4) is 11.4 Å². The van der Waals surface area contributed by atoms with Gasteiger partial charge in [0.25, 0.3) is 0 Å². The van der Waals surface area contributed by atoms with Crippen molar-refractivity contribution in [1.29, 1.82) is 0 Å². The van der Waals surface area contributed by atoms with E-state index in [1.54, 1.807) is 19.5 Å². The number of hydrogen-bond donors (Lipinski definition) is 1. The van der Waals surface area contributed by atoms with Crippen molar-refractivity contribution in [1.82, 2.24) is 25.2 Å². The number of nitrogens with zero attached hydrogens (tertiary/aromatic N) is 5. The summed E-state index contributed by atoms with van der Waals surface area (Å²) in [5, 5.41) is 3.92. The van der Waals surface area contributed by atoms with Gasteiger partial charge in [-0.25, -0.2) is 9.97 Å². The third-order valence-electron chi connectivity index (χ3n) is 5.17. The average molecular weight is 406 g/mol. The topological polar surface area (TPSA) is 83.5 Å². The van der Waals surface area contributed by atoms with E-state index in [9.17, 15) is 4.79 Å². The van der Waals surface area contributed by atoms with Gasteiger partial charge >= 0.3 is 0 Å². The summed E-state index contributed by atoms with van der Waals surface area (Å²) in [6.07, 6.45) is 3.53. The molecule has 156 valence electrons. The number of fused-ring (bicyclic) bond motifs is 1. The molecule has 30 heavy (non-hydrogen) atoms. The van der Waals surface area contributed by atoms with E-state index in [1.807, 2.05) is 30.3 Å². The van der Waals surface area contributed by atoms with E-state index in [0.717, 1.165) is 48.5 Å². The van der Waals surface area contributed by atoms with E-state index >= 15 is 0 Å². The second-order valence-electron chi connectivity index (χ2n) is 7.24. The fourth-order valence-corrected chi connectivity index (χ4v) is 3.59. The van der Waals surface area contributed by atoms with Gasteiger partial charge in [-0.05, 0) is 24.3 Å². The van der Waals surface area contributed by atoms with Gasteiger partial charge in [0.05, 0.1) is 18.7 Å². The third-order valence-corrected chi connectivity index (χ3v) is 5.17. The normalized spacial score (nSPS) is 14.8. The summed E-state index contributed by atoms with van der Waals surface area (Å²) in [6.45, 7) is 4.69. The van der Waals surface area contributed by atoms with Crippen molar-refractivity contribution in [3.63, 3.8) is 0 Å². The van der Waals surface area contributed by atoms with Gasteiger partial charge in [0.1, 0.15) is 5.82 Å². The summed E-state index contributed by atoms with van der Waals surface area (Å²) >= 11 is 0. The Bertz CT molecular complexity index is 989. The van der Waals surface area contributed by atoms with Crippen molar-refractivity contribution in [2.75, 3.05) is 57.9 Å². The molecular weight excluding hydrogens is 380 g/mol. The molecule has 1 amide bonds. The van der Waals surface area contributed by atoms with Crippen molar-refractivity contribution in [3.05, 3.63) is 48.8 Å². The SMILES string of the molecule is COCCNC(=O)CN1CCN(c2nc(-c3cccnc3)nc3ccccc23)CC1. The lowest BCUT2D eigenvalue weighted by atomic mass is 10.2. The molecule has 4 rings (SSSR count). The van der Waals surface area contributed by atoms with Crippen LogP contribution in [0, 0.1) is 0 Å². The minimum absolute atomic E-state index is 0.0341. The smallest absolute Gasteiger partial charge is 0.234 e. The zero-order valence-electron chi connectivity index (χ0n) is 17.1. The molecule has 1 aromatic carbocycles. The molecule has 8 nitrogen and oxygen atoms in total. The molecule has 0 aliphatic carbocycles. The van der Waals surface area contributed by atoms with Crippen molar-refractivity contribution in [2.24, 2.45) is 0 Å². The number of nitrogens with one attached hydrogen (secondary N) is 1. The fraction of sp³-hybridized carbons (Fsp3) is 0.364. The van der Waals surface area contributed by atoms with Crippen LogP contribution in [0.1, 0.15) is 0 Å². The molecule has 0 spiro atoms. The molecule has 2 aromatic heterocycles. The van der Waals surface area contributed by atoms with Crippen LogP contribution in [0.15, 0.2) is 48.8 Å². The average Bonchev–Trinajstić information content (AvgIpc) is 2.80. The predicted molar refractivity (Wildman–Crippen MR) is 116 cm³/mol. The lowest BCUT2D eigenvalue weighted by molar-refractivity contribution is -0.122. The first kappa shape index (κ1) is 20.2. The first-order chi connectivity index (χ1) is 14.7. The standard InChI is InChI=1S/C22H26N6O2/c1-30-14-9-24-20(29)16-27-10-12-28(13-11-27)22-18-6-2-3-7-19(18)25-21(26-22)17-5-4-8-23-15-17/h2-8,15H,9-14,16H2,1H3,(H,24,29). The van der Waals surface area contributed by atoms with Gasteiger partial charge in [-0.15, -0.1) is 0 Å². The van der Waals surface area contributed by atoms with Crippen molar-refractivity contribution >= 4 is 22.6 Å². The molecule has 1 fully saturated rings. The maximum atomic E-state index is 12.1. The monoisotopic (exact) mass is 406 g/mol. The molecule has 1 aliphatic rings. The Labute approximate surface area is 175 Å². The summed E-state index contributed by atoms with van der Waals surface area (Å²) in [5.41, 5.74) is 1.82. The Morgan fingerprint density at radius 1 is 1.10 bits per heavy atom. The van der Waals surface area contributed by atoms with Crippen LogP contribution in [-0.4, -0.2) is 78.7 Å². The molecule has 3 heterocycles. The zero-order chi connectivity index (χ0) is 20.8. The van der Waals surface area contributed by atoms with Crippen LogP contribution in [0.5, 0.6) is 0 Å². The Morgan fingerprint density at radius 2 is 1.93 bits per heavy atom. The van der Waals surface area contributed by atoms with Crippen LogP contribution in [0.2, 0.25) is 0 Å². The minimum Gasteiger partial charge on any atom is -0.383 e. The summed E-state index contributed by atoms with van der Waals surface area (Å²) in [6, 6.07) is 11.9. The number of piperazine rings is 1. The molecule has 3 aromatic rings. The van der Waals surface area contributed by atoms with E-state index in [0.29, 0.717) is 25.5 Å². The second-order valence-corrected chi connectivity index (χ2v) is 7.24. The van der Waals surface area contributed by atoms with Gasteiger partial charge in [-0.2, -0.15) is 0 Å². The van der Waals surface area contributed by atoms with Gasteiger partial charge in [0.15, 0.2) is 5.82 Å². The largest absolute Gasteiger partial charge is 0.383 e. The van der Waals surface area contributed by atoms with Gasteiger partial charge in [0, 0.05) is 63.2 Å². The Kier molecular flexibility index (Phi) is 6.46. The van der Waals surface area contributed by atoms with E-state index in [2.05, 4.69) is 26.2 Å². The lowest BCUT2D eigenvalue weighted by Crippen LogP contribution is -2.50. The van der Waals surface area contributed by atoms with E-state index < -0.39 is 0 Å². The number of anilines is 1. The highest BCUT2D eigenvalue weighted by atomic mass is 16.5. The number of carbonyl (C=O) groups is 1. The quantitative estimate of drug-likeness (QED) is 0.597. The van der Waals surface area contributed by atoms with Crippen molar-refractivity contribution in [2.45, 2.75) is 0 Å². The maximum Gasteiger partial charge on any atom is 0.234 e. The third kappa shape index (κ3) is 4.72. The molecule has 0 unspecified atom stereocenters. The number of aromatic nitrogens is 3. The number of methoxy groups -OCH3 is 1. The number of rotatable bonds is 7. The highest BCUT2D eigenvalue weighted by Crippen LogP contribution is 2.28. The summed E-state index contributed by atoms with van der Waals surface area (Å²) in [5.74, 6) is 1.65. The number of carbonyl (C=O) groups excluding carboxylic acids is 1. The van der Waals surface area contributed by atoms with Gasteiger partial charge in [0.2, 0.25) is 5.91 Å². The minimum atomic E-state index is 0.0341. The molecule has 0 bridgehead atoms. The Morgan fingerprint density at radius 3 is 2.70 bits per heavy atom. The van der Waals surface area contributed by atoms with Gasteiger partial charge in [-0.3, -0.25) is 14.7 Å². The van der Waals surface area contributed by atoms with E-state index in [-0.39, 0.29) is 5.91 Å². The summed E-state index contributed by atoms with van der Waals surface area (Å²) in [4.78, 5) is 30.4. The van der Waals surface area contributed by atoms with Gasteiger partial charge < -0.3 is 15.0 Å². The van der Waals surface area contributed by atoms with E-state index in [1.165, 1.54) is 0 Å². The van der Waals surface area contributed by atoms with Crippen LogP contribution < -0.4 is 10.2 Å². The maximum absolute atomic E-state index is 12.1. The number of amides is 1. The molecular formula is C22H26N6O2. The molecule has 0 atom stereocenters. The van der Waals surface area contributed by atoms with Crippen LogP contribution in [-0.2, 0) is 9.53 Å². The molecule has 1 N–H and O–H groups in total. The second kappa shape index (κ2) is 9.60. The van der Waals surface area contributed by atoms with Gasteiger partial charge in [-0.1, -0.05) is 12.1 Å². The summed E-state index contributed by atoms with van der Waals surface area (Å²) in [7, 11) is 1.63. The Balaban J connectivity index is 1.49. The number of benzene rings is 1. The van der Waals surface area contributed by atoms with Crippen LogP contribution in [0.25, 0.3) is 22.3 Å². The van der Waals surface area contributed by atoms with E-state index in [4.69, 9.17) is 14.7 Å². The molecule has 1 saturated heterocycles. The number of pyridine rings is 1. The first-order valence-electron chi connectivity index (χ1n) is 10.1. The molecule has 1 aliphatic heterocycles. The molecule has 8 heteroatoms. The van der Waals surface area contributed by atoms with Crippen LogP contribution in [0.4, 0.5) is 5.82 Å². The first-order valence-corrected chi connectivity index (χ1v) is 10.1. The Hall–Kier alpha value is -3.10. The zero-order valence-corrected chi connectivity index (χ0v) is 17.1. The summed E-state index contributed by atoms with van der Waals surface area (Å²) < 4.78 is 4.97. The van der Waals surface area contributed by atoms with Crippen LogP contribution >= 0.6 is 0 Å². The van der Waals surface area contributed by atoms with Crippen LogP contribution in [0.3, 0.4) is 0 Å². The highest BCUT2D eigenvalue weighted by molar-refractivity contribution is 5.91. The molecule has 0 saturated carbocycles. The number of hydrogen-bond acceptors (Lipinski definition) is 7. The predicted octanol–water partition coefficient (Wildman–Crippen LogP) is 1.58. The fourth-order valence-electron chi connectivity index (χ4n) is 3.59. The number of para-hydroxylation sites is 1. The lowest BCUT2D eigenvalue weighted by Gasteiger charge is -2.35. The van der Waals surface area contributed by atoms with Crippen molar-refractivity contribution < 1.29 is 9.53 Å². The number of ether oxygens (including phenoxy) is 1. The highest BCUT2D eigenvalue weighted by Gasteiger charge is 2.22.